The van der Waals surface area contributed by atoms with E-state index in [2.05, 4.69) is 11.6 Å². The molecule has 0 bridgehead atoms. The van der Waals surface area contributed by atoms with E-state index >= 15 is 0 Å². The van der Waals surface area contributed by atoms with Crippen LogP contribution >= 0.6 is 0 Å². The highest BCUT2D eigenvalue weighted by molar-refractivity contribution is 5.83. The number of nitrogens with one attached hydrogen (secondary N) is 1. The Hall–Kier alpha value is -2.24. The van der Waals surface area contributed by atoms with Crippen LogP contribution < -0.4 is 11.2 Å². The predicted octanol–water partition coefficient (Wildman–Crippen LogP) is 1.37. The molecule has 1 unspecified atom stereocenters. The van der Waals surface area contributed by atoms with Gasteiger partial charge in [0.25, 0.3) is 5.56 Å². The van der Waals surface area contributed by atoms with Crippen molar-refractivity contribution in [2.45, 2.75) is 57.2 Å². The Morgan fingerprint density at radius 3 is 2.72 bits per heavy atom. The third-order valence-corrected chi connectivity index (χ3v) is 4.57. The number of Topliss-reactive ketones (excluding diaryl/α,β-unsaturated/α-hetero) is 1. The van der Waals surface area contributed by atoms with Crippen molar-refractivity contribution in [3.8, 4) is 0 Å². The number of hydrogen-bond acceptors (Lipinski definition) is 6. The fraction of sp³-hybridized carbons (Fsp3) is 0.611. The second kappa shape index (κ2) is 9.51. The van der Waals surface area contributed by atoms with E-state index in [0.29, 0.717) is 11.1 Å². The molecular weight excluding hydrogens is 397 g/mol. The third kappa shape index (κ3) is 6.12. The number of aryl methyl sites for hydroxylation is 1. The topological polar surface area (TPSA) is 111 Å². The van der Waals surface area contributed by atoms with E-state index in [1.165, 1.54) is 17.7 Å². The number of carbonyl (C=O) groups is 1. The van der Waals surface area contributed by atoms with Gasteiger partial charge < -0.3 is 14.6 Å². The van der Waals surface area contributed by atoms with Crippen molar-refractivity contribution in [1.82, 2.24) is 9.55 Å². The number of ether oxygens (including phenoxy) is 2. The molecule has 0 aliphatic carbocycles. The Balaban J connectivity index is 1.88. The highest BCUT2D eigenvalue weighted by Crippen LogP contribution is 2.30. The largest absolute Gasteiger partial charge is 0.449 e. The first kappa shape index (κ1) is 23.0. The Labute approximate surface area is 163 Å². The Morgan fingerprint density at radius 1 is 1.41 bits per heavy atom. The molecular formula is C18H23F3N2O6. The van der Waals surface area contributed by atoms with E-state index < -0.39 is 48.1 Å². The lowest BCUT2D eigenvalue weighted by Gasteiger charge is -2.17. The van der Waals surface area contributed by atoms with E-state index in [1.54, 1.807) is 0 Å². The zero-order valence-corrected chi connectivity index (χ0v) is 15.8. The van der Waals surface area contributed by atoms with Crippen LogP contribution in [0.5, 0.6) is 0 Å². The van der Waals surface area contributed by atoms with Crippen LogP contribution in [0.4, 0.5) is 13.2 Å². The van der Waals surface area contributed by atoms with Crippen molar-refractivity contribution in [3.05, 3.63) is 44.8 Å². The number of hydrogen-bond donors (Lipinski definition) is 2. The van der Waals surface area contributed by atoms with E-state index in [0.717, 1.165) is 0 Å². The summed E-state index contributed by atoms with van der Waals surface area (Å²) in [5.41, 5.74) is -0.338. The van der Waals surface area contributed by atoms with Crippen LogP contribution in [0.3, 0.4) is 0 Å². The lowest BCUT2D eigenvalue weighted by molar-refractivity contribution is -0.171. The summed E-state index contributed by atoms with van der Waals surface area (Å²) in [6.07, 6.45) is -5.75. The van der Waals surface area contributed by atoms with Gasteiger partial charge in [-0.15, -0.1) is 0 Å². The molecule has 8 nitrogen and oxygen atoms in total. The molecule has 1 aliphatic rings. The lowest BCUT2D eigenvalue weighted by Crippen LogP contribution is -2.33. The summed E-state index contributed by atoms with van der Waals surface area (Å²) in [6.45, 7) is 4.90. The highest BCUT2D eigenvalue weighted by atomic mass is 19.4. The summed E-state index contributed by atoms with van der Waals surface area (Å²) in [4.78, 5) is 36.5. The molecule has 162 valence electrons. The van der Waals surface area contributed by atoms with E-state index in [1.807, 2.05) is 0 Å². The van der Waals surface area contributed by atoms with Crippen molar-refractivity contribution in [2.24, 2.45) is 0 Å². The first-order valence-electron chi connectivity index (χ1n) is 8.99. The van der Waals surface area contributed by atoms with Gasteiger partial charge in [0.1, 0.15) is 12.3 Å². The van der Waals surface area contributed by atoms with E-state index in [-0.39, 0.29) is 32.5 Å². The number of H-pyrrole nitrogens is 1. The fourth-order valence-corrected chi connectivity index (χ4v) is 2.95. The number of rotatable bonds is 9. The molecule has 1 aromatic rings. The quantitative estimate of drug-likeness (QED) is 0.584. The minimum atomic E-state index is -4.83. The van der Waals surface area contributed by atoms with Crippen molar-refractivity contribution in [2.75, 3.05) is 13.2 Å². The molecule has 3 atom stereocenters. The predicted molar refractivity (Wildman–Crippen MR) is 95.5 cm³/mol. The lowest BCUT2D eigenvalue weighted by atomic mass is 10.1. The molecule has 29 heavy (non-hydrogen) atoms. The number of carbonyl (C=O) groups excluding carboxylic acids is 1. The summed E-state index contributed by atoms with van der Waals surface area (Å²) in [5, 5.41) is 9.50. The monoisotopic (exact) mass is 420 g/mol. The van der Waals surface area contributed by atoms with Crippen molar-refractivity contribution < 1.29 is 32.5 Å². The van der Waals surface area contributed by atoms with Crippen LogP contribution in [-0.2, 0) is 14.3 Å². The molecule has 1 saturated heterocycles. The van der Waals surface area contributed by atoms with Gasteiger partial charge in [-0.3, -0.25) is 19.1 Å². The zero-order valence-electron chi connectivity index (χ0n) is 15.8. The minimum absolute atomic E-state index is 0.000192. The molecule has 1 aromatic heterocycles. The first-order valence-corrected chi connectivity index (χ1v) is 8.99. The Kier molecular flexibility index (Phi) is 7.55. The van der Waals surface area contributed by atoms with Crippen LogP contribution in [0.25, 0.3) is 0 Å². The van der Waals surface area contributed by atoms with Crippen molar-refractivity contribution >= 4 is 5.78 Å². The zero-order chi connectivity index (χ0) is 21.8. The van der Waals surface area contributed by atoms with Gasteiger partial charge in [-0.25, -0.2) is 4.79 Å². The fourth-order valence-electron chi connectivity index (χ4n) is 2.95. The number of aromatic amines is 1. The van der Waals surface area contributed by atoms with E-state index in [9.17, 15) is 32.7 Å². The van der Waals surface area contributed by atoms with Crippen LogP contribution in [0.15, 0.2) is 27.9 Å². The Bertz CT molecular complexity index is 860. The maximum absolute atomic E-state index is 12.2. The van der Waals surface area contributed by atoms with Gasteiger partial charge in [0.2, 0.25) is 5.78 Å². The van der Waals surface area contributed by atoms with Gasteiger partial charge in [0.05, 0.1) is 19.3 Å². The molecule has 0 radical (unpaired) electrons. The van der Waals surface area contributed by atoms with Crippen LogP contribution in [-0.4, -0.2) is 52.0 Å². The summed E-state index contributed by atoms with van der Waals surface area (Å²) < 4.78 is 49.0. The molecule has 0 saturated carbocycles. The van der Waals surface area contributed by atoms with Gasteiger partial charge in [0.15, 0.2) is 0 Å². The van der Waals surface area contributed by atoms with Crippen molar-refractivity contribution in [3.63, 3.8) is 0 Å². The normalized spacial score (nSPS) is 22.0. The molecule has 0 aromatic carbocycles. The van der Waals surface area contributed by atoms with Crippen LogP contribution in [0.2, 0.25) is 0 Å². The number of halogens is 3. The number of aromatic nitrogens is 2. The third-order valence-electron chi connectivity index (χ3n) is 4.57. The number of nitrogens with zero attached hydrogens (tertiary/aromatic N) is 1. The molecule has 1 fully saturated rings. The summed E-state index contributed by atoms with van der Waals surface area (Å²) in [6, 6.07) is 0. The maximum atomic E-state index is 12.2. The molecule has 2 rings (SSSR count). The van der Waals surface area contributed by atoms with Crippen molar-refractivity contribution in [1.29, 1.82) is 0 Å². The Morgan fingerprint density at radius 2 is 2.10 bits per heavy atom. The number of aliphatic hydroxyl groups is 1. The average Bonchev–Trinajstić information content (AvgIpc) is 3.05. The van der Waals surface area contributed by atoms with Gasteiger partial charge in [-0.05, 0) is 19.8 Å². The molecule has 2 heterocycles. The van der Waals surface area contributed by atoms with Crippen LogP contribution in [0, 0.1) is 6.92 Å². The smallest absolute Gasteiger partial charge is 0.394 e. The van der Waals surface area contributed by atoms with Gasteiger partial charge in [-0.2, -0.15) is 13.2 Å². The number of ketones is 1. The molecule has 0 spiro atoms. The van der Waals surface area contributed by atoms with Gasteiger partial charge in [0, 0.05) is 24.6 Å². The van der Waals surface area contributed by atoms with Gasteiger partial charge >= 0.3 is 11.9 Å². The summed E-state index contributed by atoms with van der Waals surface area (Å²) >= 11 is 0. The van der Waals surface area contributed by atoms with Gasteiger partial charge in [-0.1, -0.05) is 12.2 Å². The summed E-state index contributed by atoms with van der Waals surface area (Å²) in [7, 11) is 0. The molecule has 11 heteroatoms. The van der Waals surface area contributed by atoms with E-state index in [4.69, 9.17) is 9.47 Å². The first-order chi connectivity index (χ1) is 13.5. The minimum Gasteiger partial charge on any atom is -0.394 e. The second-order valence-electron chi connectivity index (χ2n) is 6.90. The summed E-state index contributed by atoms with van der Waals surface area (Å²) in [5.74, 6) is -1.78. The molecule has 1 aliphatic heterocycles. The number of alkyl halides is 3. The standard InChI is InChI=1S/C18H23F3N2O6/c1-10(4-3-5-14(25)18(19,20)21)9-28-12-6-15(29-13(12)8-24)23-7-11(2)16(26)22-17(23)27/h7,12-13,15,24H,1,3-6,8-9H2,2H3,(H,22,26,27)/t12?,13-,15-/m1/s1. The highest BCUT2D eigenvalue weighted by Gasteiger charge is 2.38. The maximum Gasteiger partial charge on any atom is 0.449 e. The SMILES string of the molecule is C=C(CCCC(=O)C(F)(F)F)COC1C[C@H](n2cc(C)c(=O)[nH]c2=O)O[C@@H]1CO. The molecule has 0 amide bonds. The number of aliphatic hydroxyl groups excluding tert-OH is 1. The molecule has 2 N–H and O–H groups in total. The average molecular weight is 420 g/mol. The van der Waals surface area contributed by atoms with Crippen LogP contribution in [0.1, 0.15) is 37.5 Å². The second-order valence-corrected chi connectivity index (χ2v) is 6.90.